The third-order valence-corrected chi connectivity index (χ3v) is 5.15. The lowest BCUT2D eigenvalue weighted by atomic mass is 10.1. The number of alkyl halides is 3. The average molecular weight is 508 g/mol. The van der Waals surface area contributed by atoms with Gasteiger partial charge >= 0.3 is 12.1 Å². The summed E-state index contributed by atoms with van der Waals surface area (Å²) in [5.41, 5.74) is 0.707. The standard InChI is InChI=1S/C25H28F3N3O5/c1-3-34-21-15-20(9-7-17(21)8-10-23(32)33)36-13-5-6-18-16-31(30-24(18)35-4-2)22-14-19(11-12-29-22)25(26,27)28/h7,9,11-12,14-16H,3-6,8,10,13H2,1-2H3,(H,32,33). The number of halogens is 3. The van der Waals surface area contributed by atoms with Gasteiger partial charge in [-0.15, -0.1) is 5.10 Å². The van der Waals surface area contributed by atoms with E-state index in [9.17, 15) is 18.0 Å². The van der Waals surface area contributed by atoms with Crippen molar-refractivity contribution < 1.29 is 37.3 Å². The van der Waals surface area contributed by atoms with Gasteiger partial charge < -0.3 is 19.3 Å². The van der Waals surface area contributed by atoms with E-state index >= 15 is 0 Å². The molecule has 0 bridgehead atoms. The van der Waals surface area contributed by atoms with Crippen LogP contribution >= 0.6 is 0 Å². The fourth-order valence-electron chi connectivity index (χ4n) is 3.48. The first-order valence-corrected chi connectivity index (χ1v) is 11.6. The zero-order valence-corrected chi connectivity index (χ0v) is 20.0. The van der Waals surface area contributed by atoms with Crippen LogP contribution in [0.3, 0.4) is 0 Å². The van der Waals surface area contributed by atoms with E-state index in [-0.39, 0.29) is 12.2 Å². The van der Waals surface area contributed by atoms with Crippen molar-refractivity contribution >= 4 is 5.97 Å². The molecule has 3 rings (SSSR count). The van der Waals surface area contributed by atoms with Crippen molar-refractivity contribution in [3.8, 4) is 23.2 Å². The Morgan fingerprint density at radius 1 is 1.03 bits per heavy atom. The number of rotatable bonds is 13. The monoisotopic (exact) mass is 507 g/mol. The summed E-state index contributed by atoms with van der Waals surface area (Å²) in [7, 11) is 0. The van der Waals surface area contributed by atoms with E-state index in [1.54, 1.807) is 31.3 Å². The zero-order valence-electron chi connectivity index (χ0n) is 20.0. The van der Waals surface area contributed by atoms with Gasteiger partial charge in [-0.05, 0) is 56.9 Å². The fraction of sp³-hybridized carbons (Fsp3) is 0.400. The van der Waals surface area contributed by atoms with Crippen molar-refractivity contribution in [3.63, 3.8) is 0 Å². The Kier molecular flexibility index (Phi) is 9.15. The molecule has 194 valence electrons. The van der Waals surface area contributed by atoms with Crippen LogP contribution in [0.5, 0.6) is 17.4 Å². The Morgan fingerprint density at radius 2 is 1.81 bits per heavy atom. The number of benzene rings is 1. The highest BCUT2D eigenvalue weighted by Gasteiger charge is 2.31. The Bertz CT molecular complexity index is 1160. The number of hydrogen-bond acceptors (Lipinski definition) is 6. The van der Waals surface area contributed by atoms with E-state index < -0.39 is 17.7 Å². The second-order valence-electron chi connectivity index (χ2n) is 7.79. The van der Waals surface area contributed by atoms with E-state index in [0.717, 1.165) is 29.5 Å². The molecular formula is C25H28F3N3O5. The highest BCUT2D eigenvalue weighted by Crippen LogP contribution is 2.30. The van der Waals surface area contributed by atoms with Gasteiger partial charge in [0.2, 0.25) is 5.88 Å². The number of carbonyl (C=O) groups is 1. The minimum atomic E-state index is -4.48. The Labute approximate surface area is 206 Å². The largest absolute Gasteiger partial charge is 0.493 e. The summed E-state index contributed by atoms with van der Waals surface area (Å²) in [4.78, 5) is 14.9. The van der Waals surface area contributed by atoms with Gasteiger partial charge in [-0.25, -0.2) is 9.67 Å². The quantitative estimate of drug-likeness (QED) is 0.321. The molecule has 0 saturated carbocycles. The van der Waals surface area contributed by atoms with Gasteiger partial charge in [0.15, 0.2) is 5.82 Å². The Hall–Kier alpha value is -3.76. The van der Waals surface area contributed by atoms with Gasteiger partial charge in [0.05, 0.1) is 25.4 Å². The second-order valence-corrected chi connectivity index (χ2v) is 7.79. The van der Waals surface area contributed by atoms with Crippen LogP contribution in [0.15, 0.2) is 42.7 Å². The molecule has 36 heavy (non-hydrogen) atoms. The molecule has 1 aromatic carbocycles. The molecule has 0 aliphatic rings. The summed E-state index contributed by atoms with van der Waals surface area (Å²) in [5.74, 6) is 0.672. The van der Waals surface area contributed by atoms with Crippen molar-refractivity contribution in [2.24, 2.45) is 0 Å². The van der Waals surface area contributed by atoms with Crippen LogP contribution < -0.4 is 14.2 Å². The summed E-state index contributed by atoms with van der Waals surface area (Å²) in [6, 6.07) is 7.14. The number of carboxylic acids is 1. The molecule has 8 nitrogen and oxygen atoms in total. The highest BCUT2D eigenvalue weighted by atomic mass is 19.4. The number of carboxylic acid groups (broad SMARTS) is 1. The van der Waals surface area contributed by atoms with E-state index in [1.807, 2.05) is 6.92 Å². The first-order chi connectivity index (χ1) is 17.2. The topological polar surface area (TPSA) is 95.7 Å². The van der Waals surface area contributed by atoms with Crippen LogP contribution in [-0.2, 0) is 23.8 Å². The molecule has 0 aliphatic heterocycles. The molecule has 11 heteroatoms. The summed E-state index contributed by atoms with van der Waals surface area (Å²) in [6.45, 7) is 4.79. The van der Waals surface area contributed by atoms with Gasteiger partial charge in [0.25, 0.3) is 0 Å². The number of hydrogen-bond donors (Lipinski definition) is 1. The SMILES string of the molecule is CCOc1cc(OCCCc2cn(-c3cc(C(F)(F)F)ccn3)nc2OCC)ccc1CCC(=O)O. The van der Waals surface area contributed by atoms with Crippen molar-refractivity contribution in [3.05, 3.63) is 59.4 Å². The molecule has 0 aliphatic carbocycles. The Morgan fingerprint density at radius 3 is 2.50 bits per heavy atom. The minimum Gasteiger partial charge on any atom is -0.493 e. The van der Waals surface area contributed by atoms with Crippen LogP contribution in [0.2, 0.25) is 0 Å². The number of ether oxygens (including phenoxy) is 3. The molecule has 0 saturated heterocycles. The summed E-state index contributed by atoms with van der Waals surface area (Å²) >= 11 is 0. The van der Waals surface area contributed by atoms with E-state index in [2.05, 4.69) is 10.1 Å². The van der Waals surface area contributed by atoms with Crippen molar-refractivity contribution in [2.45, 2.75) is 45.7 Å². The average Bonchev–Trinajstić information content (AvgIpc) is 3.24. The van der Waals surface area contributed by atoms with Crippen LogP contribution in [0, 0.1) is 0 Å². The molecule has 0 radical (unpaired) electrons. The number of nitrogens with zero attached hydrogens (tertiary/aromatic N) is 3. The van der Waals surface area contributed by atoms with Gasteiger partial charge in [-0.1, -0.05) is 6.07 Å². The van der Waals surface area contributed by atoms with E-state index in [1.165, 1.54) is 4.68 Å². The molecule has 0 spiro atoms. The molecule has 0 amide bonds. The summed E-state index contributed by atoms with van der Waals surface area (Å²) in [5, 5.41) is 13.2. The van der Waals surface area contributed by atoms with Crippen LogP contribution in [0.25, 0.3) is 5.82 Å². The number of aliphatic carboxylic acids is 1. The number of pyridine rings is 1. The van der Waals surface area contributed by atoms with E-state index in [4.69, 9.17) is 19.3 Å². The van der Waals surface area contributed by atoms with Crippen LogP contribution in [0.4, 0.5) is 13.2 Å². The molecule has 1 N–H and O–H groups in total. The number of aromatic nitrogens is 3. The molecule has 0 unspecified atom stereocenters. The lowest BCUT2D eigenvalue weighted by Gasteiger charge is -2.12. The molecule has 0 atom stereocenters. The van der Waals surface area contributed by atoms with Gasteiger partial charge in [0, 0.05) is 30.4 Å². The van der Waals surface area contributed by atoms with Gasteiger partial charge in [0.1, 0.15) is 11.5 Å². The van der Waals surface area contributed by atoms with E-state index in [0.29, 0.717) is 56.5 Å². The molecular weight excluding hydrogens is 479 g/mol. The molecule has 2 aromatic heterocycles. The van der Waals surface area contributed by atoms with Crippen molar-refractivity contribution in [2.75, 3.05) is 19.8 Å². The Balaban J connectivity index is 1.65. The maximum Gasteiger partial charge on any atom is 0.416 e. The first-order valence-electron chi connectivity index (χ1n) is 11.6. The maximum absolute atomic E-state index is 13.1. The molecule has 2 heterocycles. The molecule has 3 aromatic rings. The lowest BCUT2D eigenvalue weighted by Crippen LogP contribution is -2.07. The predicted molar refractivity (Wildman–Crippen MR) is 125 cm³/mol. The van der Waals surface area contributed by atoms with Crippen molar-refractivity contribution in [1.82, 2.24) is 14.8 Å². The second kappa shape index (κ2) is 12.3. The highest BCUT2D eigenvalue weighted by molar-refractivity contribution is 5.67. The molecule has 0 fully saturated rings. The fourth-order valence-corrected chi connectivity index (χ4v) is 3.48. The predicted octanol–water partition coefficient (Wildman–Crippen LogP) is 5.11. The van der Waals surface area contributed by atoms with Gasteiger partial charge in [-0.2, -0.15) is 13.2 Å². The smallest absolute Gasteiger partial charge is 0.416 e. The van der Waals surface area contributed by atoms with Gasteiger partial charge in [-0.3, -0.25) is 4.79 Å². The third-order valence-electron chi connectivity index (χ3n) is 5.15. The van der Waals surface area contributed by atoms with Crippen LogP contribution in [0.1, 0.15) is 43.4 Å². The third kappa shape index (κ3) is 7.37. The number of aryl methyl sites for hydroxylation is 2. The normalized spacial score (nSPS) is 11.4. The first kappa shape index (κ1) is 26.8. The van der Waals surface area contributed by atoms with Crippen molar-refractivity contribution in [1.29, 1.82) is 0 Å². The summed E-state index contributed by atoms with van der Waals surface area (Å²) in [6.07, 6.45) is -0.308. The lowest BCUT2D eigenvalue weighted by molar-refractivity contribution is -0.138. The zero-order chi connectivity index (χ0) is 26.1. The summed E-state index contributed by atoms with van der Waals surface area (Å²) < 4.78 is 57.5. The minimum absolute atomic E-state index is 0.00610. The maximum atomic E-state index is 13.1. The van der Waals surface area contributed by atoms with Crippen LogP contribution in [-0.4, -0.2) is 45.7 Å².